The molecule has 25 heavy (non-hydrogen) atoms. The van der Waals surface area contributed by atoms with E-state index in [0.29, 0.717) is 27.5 Å². The Morgan fingerprint density at radius 2 is 2.00 bits per heavy atom. The van der Waals surface area contributed by atoms with Gasteiger partial charge in [0.1, 0.15) is 5.82 Å². The number of carbonyl (C=O) groups excluding carboxylic acids is 1. The highest BCUT2D eigenvalue weighted by atomic mass is 32.1. The number of benzene rings is 1. The number of nitrogens with zero attached hydrogens (tertiary/aromatic N) is 2. The Hall–Kier alpha value is -3.00. The van der Waals surface area contributed by atoms with Gasteiger partial charge in [-0.3, -0.25) is 14.7 Å². The molecule has 6 nitrogen and oxygen atoms in total. The molecule has 1 amide bonds. The minimum Gasteiger partial charge on any atom is -0.295 e. The highest BCUT2D eigenvalue weighted by Crippen LogP contribution is 2.10. The molecule has 1 aromatic carbocycles. The highest BCUT2D eigenvalue weighted by Gasteiger charge is 2.15. The van der Waals surface area contributed by atoms with E-state index in [1.165, 1.54) is 40.3 Å². The summed E-state index contributed by atoms with van der Waals surface area (Å²) in [7, 11) is 0. The van der Waals surface area contributed by atoms with Crippen molar-refractivity contribution in [1.29, 1.82) is 0 Å². The number of thiophene rings is 1. The summed E-state index contributed by atoms with van der Waals surface area (Å²) in [5, 5.41) is 8.75. The van der Waals surface area contributed by atoms with Crippen molar-refractivity contribution in [2.75, 3.05) is 0 Å². The van der Waals surface area contributed by atoms with Crippen LogP contribution in [0.5, 0.6) is 0 Å². The second kappa shape index (κ2) is 6.86. The second-order valence-corrected chi connectivity index (χ2v) is 6.29. The van der Waals surface area contributed by atoms with Crippen LogP contribution in [-0.4, -0.2) is 21.4 Å². The summed E-state index contributed by atoms with van der Waals surface area (Å²) < 4.78 is 14.4. The van der Waals surface area contributed by atoms with Crippen LogP contribution < -0.4 is 11.0 Å². The SMILES string of the molecule is CC(=NNC(=O)c1cccs1)c1c(C)[nH]n(-c2ccc(F)cc2)c1=O. The first-order chi connectivity index (χ1) is 12.0. The number of aryl methyl sites for hydroxylation is 1. The van der Waals surface area contributed by atoms with Crippen LogP contribution in [0.15, 0.2) is 51.7 Å². The molecule has 3 rings (SSSR count). The molecule has 3 aromatic rings. The monoisotopic (exact) mass is 358 g/mol. The molecule has 0 fully saturated rings. The summed E-state index contributed by atoms with van der Waals surface area (Å²) in [6, 6.07) is 9.02. The average Bonchev–Trinajstić information content (AvgIpc) is 3.22. The van der Waals surface area contributed by atoms with Crippen molar-refractivity contribution < 1.29 is 9.18 Å². The predicted molar refractivity (Wildman–Crippen MR) is 95.1 cm³/mol. The number of aromatic nitrogens is 2. The topological polar surface area (TPSA) is 79.2 Å². The van der Waals surface area contributed by atoms with Gasteiger partial charge in [0.15, 0.2) is 0 Å². The van der Waals surface area contributed by atoms with Crippen LogP contribution in [0.3, 0.4) is 0 Å². The van der Waals surface area contributed by atoms with Crippen molar-refractivity contribution in [1.82, 2.24) is 15.2 Å². The van der Waals surface area contributed by atoms with Gasteiger partial charge in [-0.15, -0.1) is 11.3 Å². The molecule has 2 aromatic heterocycles. The van der Waals surface area contributed by atoms with Gasteiger partial charge in [-0.2, -0.15) is 5.10 Å². The first kappa shape index (κ1) is 16.8. The number of nitrogens with one attached hydrogen (secondary N) is 2. The Balaban J connectivity index is 1.89. The third-order valence-corrected chi connectivity index (χ3v) is 4.46. The summed E-state index contributed by atoms with van der Waals surface area (Å²) in [6.45, 7) is 3.37. The maximum Gasteiger partial charge on any atom is 0.281 e. The van der Waals surface area contributed by atoms with E-state index in [2.05, 4.69) is 15.6 Å². The number of hydrogen-bond donors (Lipinski definition) is 2. The quantitative estimate of drug-likeness (QED) is 0.556. The Morgan fingerprint density at radius 1 is 1.28 bits per heavy atom. The number of hydrazone groups is 1. The molecule has 0 saturated carbocycles. The minimum absolute atomic E-state index is 0.323. The smallest absolute Gasteiger partial charge is 0.281 e. The number of rotatable bonds is 4. The van der Waals surface area contributed by atoms with E-state index in [4.69, 9.17) is 0 Å². The molecule has 0 aliphatic heterocycles. The maximum absolute atomic E-state index is 13.1. The lowest BCUT2D eigenvalue weighted by molar-refractivity contribution is 0.0959. The zero-order valence-corrected chi connectivity index (χ0v) is 14.4. The third-order valence-electron chi connectivity index (χ3n) is 3.59. The molecule has 0 spiro atoms. The molecule has 2 N–H and O–H groups in total. The van der Waals surface area contributed by atoms with E-state index in [-0.39, 0.29) is 17.3 Å². The van der Waals surface area contributed by atoms with E-state index in [1.54, 1.807) is 31.4 Å². The van der Waals surface area contributed by atoms with Gasteiger partial charge in [0, 0.05) is 5.69 Å². The first-order valence-electron chi connectivity index (χ1n) is 7.43. The molecule has 0 unspecified atom stereocenters. The normalized spacial score (nSPS) is 11.6. The van der Waals surface area contributed by atoms with Crippen molar-refractivity contribution >= 4 is 23.0 Å². The minimum atomic E-state index is -0.380. The molecule has 0 bridgehead atoms. The van der Waals surface area contributed by atoms with E-state index in [0.717, 1.165) is 0 Å². The molecular weight excluding hydrogens is 343 g/mol. The lowest BCUT2D eigenvalue weighted by Gasteiger charge is -2.00. The number of H-pyrrole nitrogens is 1. The Bertz CT molecular complexity index is 985. The van der Waals surface area contributed by atoms with Crippen molar-refractivity contribution in [3.63, 3.8) is 0 Å². The van der Waals surface area contributed by atoms with Gasteiger partial charge in [0.2, 0.25) is 0 Å². The van der Waals surface area contributed by atoms with Gasteiger partial charge in [-0.25, -0.2) is 14.5 Å². The van der Waals surface area contributed by atoms with Gasteiger partial charge in [-0.05, 0) is 49.6 Å². The third kappa shape index (κ3) is 3.43. The summed E-state index contributed by atoms with van der Waals surface area (Å²) in [6.07, 6.45) is 0. The lowest BCUT2D eigenvalue weighted by atomic mass is 10.2. The number of halogens is 1. The Morgan fingerprint density at radius 3 is 2.64 bits per heavy atom. The van der Waals surface area contributed by atoms with Gasteiger partial charge in [-0.1, -0.05) is 6.07 Å². The zero-order chi connectivity index (χ0) is 18.0. The number of hydrogen-bond acceptors (Lipinski definition) is 4. The van der Waals surface area contributed by atoms with Crippen LogP contribution in [0.1, 0.15) is 27.9 Å². The van der Waals surface area contributed by atoms with Crippen LogP contribution in [0.4, 0.5) is 4.39 Å². The summed E-state index contributed by atoms with van der Waals surface area (Å²) in [4.78, 5) is 25.1. The van der Waals surface area contributed by atoms with Crippen molar-refractivity contribution in [3.05, 3.63) is 74.1 Å². The fourth-order valence-electron chi connectivity index (χ4n) is 2.40. The van der Waals surface area contributed by atoms with E-state index in [9.17, 15) is 14.0 Å². The Kier molecular flexibility index (Phi) is 4.62. The van der Waals surface area contributed by atoms with E-state index < -0.39 is 0 Å². The zero-order valence-electron chi connectivity index (χ0n) is 13.5. The molecule has 0 aliphatic carbocycles. The van der Waals surface area contributed by atoms with Crippen molar-refractivity contribution in [2.45, 2.75) is 13.8 Å². The fourth-order valence-corrected chi connectivity index (χ4v) is 3.01. The molecule has 2 heterocycles. The number of amides is 1. The molecule has 8 heteroatoms. The molecule has 0 saturated heterocycles. The molecular formula is C17H15FN4O2S. The van der Waals surface area contributed by atoms with Crippen LogP contribution in [0.2, 0.25) is 0 Å². The van der Waals surface area contributed by atoms with Crippen LogP contribution >= 0.6 is 11.3 Å². The van der Waals surface area contributed by atoms with Crippen molar-refractivity contribution in [3.8, 4) is 5.69 Å². The highest BCUT2D eigenvalue weighted by molar-refractivity contribution is 7.12. The summed E-state index contributed by atoms with van der Waals surface area (Å²) in [5.41, 5.74) is 3.96. The molecule has 0 aliphatic rings. The van der Waals surface area contributed by atoms with Crippen LogP contribution in [-0.2, 0) is 0 Å². The first-order valence-corrected chi connectivity index (χ1v) is 8.31. The summed E-state index contributed by atoms with van der Waals surface area (Å²) in [5.74, 6) is -0.712. The van der Waals surface area contributed by atoms with Gasteiger partial charge >= 0.3 is 0 Å². The van der Waals surface area contributed by atoms with Crippen LogP contribution in [0, 0.1) is 12.7 Å². The van der Waals surface area contributed by atoms with Gasteiger partial charge < -0.3 is 0 Å². The van der Waals surface area contributed by atoms with Crippen LogP contribution in [0.25, 0.3) is 5.69 Å². The van der Waals surface area contributed by atoms with E-state index in [1.807, 2.05) is 0 Å². The van der Waals surface area contributed by atoms with E-state index >= 15 is 0 Å². The molecule has 0 radical (unpaired) electrons. The standard InChI is InChI=1S/C17H15FN4O2S/c1-10(19-20-16(23)14-4-3-9-25-14)15-11(2)21-22(17(15)24)13-7-5-12(18)6-8-13/h3-9,21H,1-2H3,(H,20,23). The molecule has 128 valence electrons. The predicted octanol–water partition coefficient (Wildman–Crippen LogP) is 2.83. The average molecular weight is 358 g/mol. The number of carbonyl (C=O) groups is 1. The van der Waals surface area contributed by atoms with Gasteiger partial charge in [0.25, 0.3) is 11.5 Å². The lowest BCUT2D eigenvalue weighted by Crippen LogP contribution is -2.23. The largest absolute Gasteiger partial charge is 0.295 e. The van der Waals surface area contributed by atoms with Gasteiger partial charge in [0.05, 0.1) is 21.8 Å². The molecule has 0 atom stereocenters. The summed E-state index contributed by atoms with van der Waals surface area (Å²) >= 11 is 1.30. The number of aromatic amines is 1. The van der Waals surface area contributed by atoms with Crippen molar-refractivity contribution in [2.24, 2.45) is 5.10 Å². The second-order valence-electron chi connectivity index (χ2n) is 5.34. The maximum atomic E-state index is 13.1. The Labute approximate surface area is 146 Å². The fraction of sp³-hybridized carbons (Fsp3) is 0.118.